The van der Waals surface area contributed by atoms with E-state index in [9.17, 15) is 5.26 Å². The summed E-state index contributed by atoms with van der Waals surface area (Å²) in [4.78, 5) is 9.97. The van der Waals surface area contributed by atoms with Crippen molar-refractivity contribution in [1.82, 2.24) is 14.5 Å². The van der Waals surface area contributed by atoms with Crippen molar-refractivity contribution in [2.75, 3.05) is 12.8 Å². The molecule has 3 heterocycles. The summed E-state index contributed by atoms with van der Waals surface area (Å²) in [7, 11) is 1.63. The van der Waals surface area contributed by atoms with E-state index in [4.69, 9.17) is 10.5 Å². The van der Waals surface area contributed by atoms with Crippen molar-refractivity contribution in [2.24, 2.45) is 0 Å². The van der Waals surface area contributed by atoms with Crippen LogP contribution in [-0.2, 0) is 0 Å². The number of anilines is 1. The van der Waals surface area contributed by atoms with Crippen LogP contribution in [0, 0.1) is 32.1 Å². The number of pyridine rings is 1. The van der Waals surface area contributed by atoms with Gasteiger partial charge in [-0.2, -0.15) is 5.26 Å². The van der Waals surface area contributed by atoms with Crippen LogP contribution in [0.25, 0.3) is 26.9 Å². The average Bonchev–Trinajstić information content (AvgIpc) is 3.12. The SMILES string of the molecule is COc1c(Br)cc(C)c(-n2c(N)c(C#N)c3cnc4sc(C)nc4c32)c1C. The van der Waals surface area contributed by atoms with Crippen LogP contribution in [0.15, 0.2) is 16.7 Å². The standard InChI is InChI=1S/C19H16BrN5OS/c1-8-5-13(20)17(26-4)9(2)15(8)25-16-12(11(6-21)18(25)22)7-23-19-14(16)24-10(3)27-19/h5,7H,22H2,1-4H3. The molecule has 0 unspecified atom stereocenters. The van der Waals surface area contributed by atoms with Gasteiger partial charge in [-0.25, -0.2) is 9.97 Å². The van der Waals surface area contributed by atoms with Crippen LogP contribution >= 0.6 is 27.3 Å². The van der Waals surface area contributed by atoms with Crippen molar-refractivity contribution in [3.63, 3.8) is 0 Å². The molecule has 3 aromatic heterocycles. The Morgan fingerprint density at radius 2 is 2.07 bits per heavy atom. The number of nitrogen functional groups attached to an aromatic ring is 1. The molecule has 0 spiro atoms. The third-order valence-electron chi connectivity index (χ3n) is 4.67. The smallest absolute Gasteiger partial charge is 0.145 e. The number of ether oxygens (including phenoxy) is 1. The van der Waals surface area contributed by atoms with Crippen LogP contribution in [0.4, 0.5) is 5.82 Å². The first-order valence-electron chi connectivity index (χ1n) is 8.19. The molecule has 0 amide bonds. The van der Waals surface area contributed by atoms with Gasteiger partial charge in [0.25, 0.3) is 0 Å². The minimum absolute atomic E-state index is 0.378. The van der Waals surface area contributed by atoms with Gasteiger partial charge < -0.3 is 10.5 Å². The van der Waals surface area contributed by atoms with Crippen LogP contribution in [-0.4, -0.2) is 21.6 Å². The maximum absolute atomic E-state index is 9.72. The van der Waals surface area contributed by atoms with E-state index in [-0.39, 0.29) is 0 Å². The maximum atomic E-state index is 9.72. The highest BCUT2D eigenvalue weighted by molar-refractivity contribution is 9.10. The highest BCUT2D eigenvalue weighted by atomic mass is 79.9. The number of halogens is 1. The van der Waals surface area contributed by atoms with Crippen molar-refractivity contribution in [3.05, 3.63) is 38.4 Å². The third kappa shape index (κ3) is 2.42. The summed E-state index contributed by atoms with van der Waals surface area (Å²) in [6, 6.07) is 4.22. The average molecular weight is 442 g/mol. The molecular formula is C19H16BrN5OS. The fourth-order valence-corrected chi connectivity index (χ4v) is 5.16. The van der Waals surface area contributed by atoms with Crippen LogP contribution in [0.5, 0.6) is 5.75 Å². The molecule has 1 aromatic carbocycles. The van der Waals surface area contributed by atoms with Gasteiger partial charge in [0.1, 0.15) is 33.5 Å². The van der Waals surface area contributed by atoms with Gasteiger partial charge in [-0.1, -0.05) is 11.3 Å². The van der Waals surface area contributed by atoms with Crippen molar-refractivity contribution in [1.29, 1.82) is 5.26 Å². The van der Waals surface area contributed by atoms with Gasteiger partial charge in [0, 0.05) is 17.1 Å². The maximum Gasteiger partial charge on any atom is 0.145 e. The number of hydrogen-bond donors (Lipinski definition) is 1. The molecule has 0 aliphatic rings. The molecule has 136 valence electrons. The lowest BCUT2D eigenvalue weighted by Gasteiger charge is -2.18. The van der Waals surface area contributed by atoms with Crippen molar-refractivity contribution in [2.45, 2.75) is 20.8 Å². The Kier molecular flexibility index (Phi) is 4.09. The lowest BCUT2D eigenvalue weighted by molar-refractivity contribution is 0.408. The summed E-state index contributed by atoms with van der Waals surface area (Å²) in [6.07, 6.45) is 1.71. The Hall–Kier alpha value is -2.63. The number of thiazole rings is 1. The Bertz CT molecular complexity index is 1280. The highest BCUT2D eigenvalue weighted by Crippen LogP contribution is 2.41. The van der Waals surface area contributed by atoms with Gasteiger partial charge >= 0.3 is 0 Å². The largest absolute Gasteiger partial charge is 0.495 e. The predicted octanol–water partition coefficient (Wildman–Crippen LogP) is 4.79. The first-order valence-corrected chi connectivity index (χ1v) is 9.80. The normalized spacial score (nSPS) is 11.3. The van der Waals surface area contributed by atoms with Crippen molar-refractivity contribution in [3.8, 4) is 17.5 Å². The van der Waals surface area contributed by atoms with E-state index in [0.29, 0.717) is 16.8 Å². The van der Waals surface area contributed by atoms with Crippen LogP contribution in [0.2, 0.25) is 0 Å². The number of fused-ring (bicyclic) bond motifs is 3. The summed E-state index contributed by atoms with van der Waals surface area (Å²) < 4.78 is 8.36. The third-order valence-corrected chi connectivity index (χ3v) is 6.13. The number of aromatic nitrogens is 3. The minimum Gasteiger partial charge on any atom is -0.495 e. The molecule has 0 bridgehead atoms. The molecule has 0 fully saturated rings. The monoisotopic (exact) mass is 441 g/mol. The van der Waals surface area contributed by atoms with E-state index in [1.807, 2.05) is 31.4 Å². The zero-order valence-corrected chi connectivity index (χ0v) is 17.6. The molecule has 0 radical (unpaired) electrons. The Morgan fingerprint density at radius 1 is 1.33 bits per heavy atom. The predicted molar refractivity (Wildman–Crippen MR) is 112 cm³/mol. The number of nitrogens with two attached hydrogens (primary N) is 1. The first-order chi connectivity index (χ1) is 12.9. The Morgan fingerprint density at radius 3 is 2.74 bits per heavy atom. The first kappa shape index (κ1) is 17.8. The summed E-state index contributed by atoms with van der Waals surface area (Å²) in [5.74, 6) is 1.11. The topological polar surface area (TPSA) is 89.8 Å². The minimum atomic E-state index is 0.378. The number of methoxy groups -OCH3 is 1. The van der Waals surface area contributed by atoms with E-state index in [2.05, 4.69) is 32.0 Å². The number of aryl methyl sites for hydroxylation is 2. The second kappa shape index (κ2) is 6.22. The molecule has 6 nitrogen and oxygen atoms in total. The van der Waals surface area contributed by atoms with E-state index in [0.717, 1.165) is 47.9 Å². The molecule has 4 aromatic rings. The molecule has 4 rings (SSSR count). The number of nitrogens with zero attached hydrogens (tertiary/aromatic N) is 4. The summed E-state index contributed by atoms with van der Waals surface area (Å²) in [5, 5.41) is 11.3. The molecule has 27 heavy (non-hydrogen) atoms. The molecule has 0 saturated heterocycles. The van der Waals surface area contributed by atoms with Crippen LogP contribution in [0.3, 0.4) is 0 Å². The van der Waals surface area contributed by atoms with Gasteiger partial charge in [-0.05, 0) is 48.3 Å². The van der Waals surface area contributed by atoms with Gasteiger partial charge in [0.05, 0.1) is 27.8 Å². The van der Waals surface area contributed by atoms with Crippen molar-refractivity contribution < 1.29 is 4.74 Å². The highest BCUT2D eigenvalue weighted by Gasteiger charge is 2.24. The number of rotatable bonds is 2. The van der Waals surface area contributed by atoms with Crippen LogP contribution < -0.4 is 10.5 Å². The number of nitriles is 1. The lowest BCUT2D eigenvalue weighted by Crippen LogP contribution is -2.07. The summed E-state index contributed by atoms with van der Waals surface area (Å²) in [5.41, 5.74) is 11.2. The quantitative estimate of drug-likeness (QED) is 0.482. The molecule has 0 aliphatic carbocycles. The van der Waals surface area contributed by atoms with Gasteiger partial charge in [-0.15, -0.1) is 0 Å². The van der Waals surface area contributed by atoms with Gasteiger partial charge in [-0.3, -0.25) is 4.57 Å². The summed E-state index contributed by atoms with van der Waals surface area (Å²) >= 11 is 5.08. The Balaban J connectivity index is 2.26. The Labute approximate surface area is 168 Å². The molecular weight excluding hydrogens is 426 g/mol. The van der Waals surface area contributed by atoms with E-state index in [1.165, 1.54) is 11.3 Å². The van der Waals surface area contributed by atoms with E-state index < -0.39 is 0 Å². The van der Waals surface area contributed by atoms with E-state index in [1.54, 1.807) is 13.3 Å². The molecule has 0 saturated carbocycles. The summed E-state index contributed by atoms with van der Waals surface area (Å²) in [6.45, 7) is 5.93. The zero-order chi connectivity index (χ0) is 19.5. The zero-order valence-electron chi connectivity index (χ0n) is 15.2. The fraction of sp³-hybridized carbons (Fsp3) is 0.211. The second-order valence-corrected chi connectivity index (χ2v) is 8.33. The molecule has 0 aliphatic heterocycles. The number of benzene rings is 1. The second-order valence-electron chi connectivity index (χ2n) is 6.30. The van der Waals surface area contributed by atoms with Crippen LogP contribution in [0.1, 0.15) is 21.7 Å². The fourth-order valence-electron chi connectivity index (χ4n) is 3.60. The molecule has 8 heteroatoms. The number of hydrogen-bond acceptors (Lipinski definition) is 6. The van der Waals surface area contributed by atoms with Crippen molar-refractivity contribution >= 4 is 54.3 Å². The molecule has 2 N–H and O–H groups in total. The van der Waals surface area contributed by atoms with Gasteiger partial charge in [0.15, 0.2) is 0 Å². The van der Waals surface area contributed by atoms with E-state index >= 15 is 0 Å². The van der Waals surface area contributed by atoms with Gasteiger partial charge in [0.2, 0.25) is 0 Å². The molecule has 0 atom stereocenters. The lowest BCUT2D eigenvalue weighted by atomic mass is 10.1.